The number of phosphoric acid groups is 2. The molecule has 6 atom stereocenters. The van der Waals surface area contributed by atoms with Gasteiger partial charge in [0.1, 0.15) is 19.3 Å². The predicted octanol–water partition coefficient (Wildman–Crippen LogP) is 21.7. The van der Waals surface area contributed by atoms with E-state index < -0.39 is 97.5 Å². The Kier molecular flexibility index (Phi) is 65.9. The van der Waals surface area contributed by atoms with Gasteiger partial charge >= 0.3 is 39.5 Å². The third kappa shape index (κ3) is 67.0. The van der Waals surface area contributed by atoms with Crippen LogP contribution in [0.3, 0.4) is 0 Å². The number of aliphatic hydroxyl groups excluding tert-OH is 1. The number of carbonyl (C=O) groups is 4. The maximum atomic E-state index is 13.1. The molecule has 0 aliphatic rings. The summed E-state index contributed by atoms with van der Waals surface area (Å²) in [6.07, 6.45) is 55.6. The third-order valence-electron chi connectivity index (χ3n) is 17.6. The van der Waals surface area contributed by atoms with Crippen LogP contribution < -0.4 is 0 Å². The first-order chi connectivity index (χ1) is 45.1. The van der Waals surface area contributed by atoms with Crippen molar-refractivity contribution in [2.24, 2.45) is 5.92 Å². The standard InChI is InChI=1S/C74H144O17P2/c1-6-10-13-16-19-21-23-24-25-26-27-28-32-35-39-43-48-53-58-72(77)85-64-70(91-74(79)60-55-50-45-40-36-33-30-29-31-34-37-42-46-51-56-67(5)9-4)66-89-93(82,83)87-62-68(75)61-86-92(80,81)88-65-69(63-84-71(76)57-52-47-41-18-15-12-8-3)90-73(78)59-54-49-44-38-22-20-17-14-11-7-2/h67-70,75H,6-66H2,1-5H3,(H,80,81)(H,82,83)/t67?,68-,69+,70+/m0/s1. The Hall–Kier alpha value is -1.94. The van der Waals surface area contributed by atoms with E-state index in [9.17, 15) is 43.2 Å². The van der Waals surface area contributed by atoms with Crippen molar-refractivity contribution in [3.63, 3.8) is 0 Å². The highest BCUT2D eigenvalue weighted by Crippen LogP contribution is 2.45. The molecule has 3 N–H and O–H groups in total. The first-order valence-electron chi connectivity index (χ1n) is 38.7. The number of ether oxygens (including phenoxy) is 4. The summed E-state index contributed by atoms with van der Waals surface area (Å²) in [6.45, 7) is 7.28. The molecule has 0 aliphatic carbocycles. The zero-order valence-corrected chi connectivity index (χ0v) is 62.2. The second-order valence-corrected chi connectivity index (χ2v) is 29.8. The van der Waals surface area contributed by atoms with Crippen molar-refractivity contribution < 1.29 is 80.2 Å². The lowest BCUT2D eigenvalue weighted by Gasteiger charge is -2.21. The van der Waals surface area contributed by atoms with Crippen LogP contribution in [0.2, 0.25) is 0 Å². The van der Waals surface area contributed by atoms with Gasteiger partial charge in [-0.05, 0) is 31.6 Å². The highest BCUT2D eigenvalue weighted by atomic mass is 31.2. The van der Waals surface area contributed by atoms with Crippen LogP contribution in [0.5, 0.6) is 0 Å². The lowest BCUT2D eigenvalue weighted by Crippen LogP contribution is -2.30. The van der Waals surface area contributed by atoms with Crippen molar-refractivity contribution in [2.75, 3.05) is 39.6 Å². The second-order valence-electron chi connectivity index (χ2n) is 26.9. The van der Waals surface area contributed by atoms with Crippen molar-refractivity contribution in [3.8, 4) is 0 Å². The van der Waals surface area contributed by atoms with Crippen LogP contribution >= 0.6 is 15.6 Å². The van der Waals surface area contributed by atoms with Gasteiger partial charge in [-0.25, -0.2) is 9.13 Å². The Bertz CT molecular complexity index is 1790. The molecule has 0 spiro atoms. The summed E-state index contributed by atoms with van der Waals surface area (Å²) in [5.41, 5.74) is 0. The third-order valence-corrected chi connectivity index (χ3v) is 19.5. The van der Waals surface area contributed by atoms with E-state index in [0.717, 1.165) is 109 Å². The fourth-order valence-corrected chi connectivity index (χ4v) is 12.9. The van der Waals surface area contributed by atoms with Gasteiger partial charge in [-0.2, -0.15) is 0 Å². The summed E-state index contributed by atoms with van der Waals surface area (Å²) in [5, 5.41) is 10.6. The van der Waals surface area contributed by atoms with Crippen LogP contribution in [0.15, 0.2) is 0 Å². The Morgan fingerprint density at radius 1 is 0.301 bits per heavy atom. The van der Waals surface area contributed by atoms with Gasteiger partial charge in [0.05, 0.1) is 26.4 Å². The van der Waals surface area contributed by atoms with Gasteiger partial charge in [0, 0.05) is 25.7 Å². The maximum Gasteiger partial charge on any atom is 0.472 e. The molecule has 0 rings (SSSR count). The molecule has 0 aromatic heterocycles. The second kappa shape index (κ2) is 67.3. The minimum Gasteiger partial charge on any atom is -0.462 e. The first-order valence-corrected chi connectivity index (χ1v) is 41.7. The number of hydrogen-bond acceptors (Lipinski definition) is 15. The summed E-state index contributed by atoms with van der Waals surface area (Å²) in [7, 11) is -9.90. The van der Waals surface area contributed by atoms with Gasteiger partial charge in [0.2, 0.25) is 0 Å². The highest BCUT2D eigenvalue weighted by Gasteiger charge is 2.30. The van der Waals surface area contributed by atoms with Crippen molar-refractivity contribution in [1.29, 1.82) is 0 Å². The number of unbranched alkanes of at least 4 members (excludes halogenated alkanes) is 45. The van der Waals surface area contributed by atoms with Crippen molar-refractivity contribution in [2.45, 2.75) is 406 Å². The molecule has 19 heteroatoms. The molecule has 17 nitrogen and oxygen atoms in total. The molecule has 552 valence electrons. The van der Waals surface area contributed by atoms with Gasteiger partial charge in [-0.15, -0.1) is 0 Å². The molecule has 0 aliphatic heterocycles. The molecule has 0 radical (unpaired) electrons. The first kappa shape index (κ1) is 91.1. The number of esters is 4. The monoisotopic (exact) mass is 1370 g/mol. The SMILES string of the molecule is CCCCCCCCCCCCCCCCCCCCC(=O)OC[C@H](COP(=O)(O)OC[C@@H](O)COP(=O)(O)OC[C@@H](COC(=O)CCCCCCCCC)OC(=O)CCCCCCCCCCCC)OC(=O)CCCCCCCCCCCCCCCCC(C)CC. The fourth-order valence-electron chi connectivity index (χ4n) is 11.3. The minimum absolute atomic E-state index is 0.106. The van der Waals surface area contributed by atoms with E-state index in [1.54, 1.807) is 0 Å². The summed E-state index contributed by atoms with van der Waals surface area (Å²) in [5.74, 6) is -1.28. The van der Waals surface area contributed by atoms with Gasteiger partial charge in [-0.1, -0.05) is 336 Å². The van der Waals surface area contributed by atoms with E-state index in [4.69, 9.17) is 37.0 Å². The summed E-state index contributed by atoms with van der Waals surface area (Å²) in [6, 6.07) is 0. The Morgan fingerprint density at radius 2 is 0.516 bits per heavy atom. The zero-order valence-electron chi connectivity index (χ0n) is 60.4. The number of carbonyl (C=O) groups excluding carboxylic acids is 4. The smallest absolute Gasteiger partial charge is 0.462 e. The Morgan fingerprint density at radius 3 is 0.763 bits per heavy atom. The van der Waals surface area contributed by atoms with Crippen molar-refractivity contribution >= 4 is 39.5 Å². The lowest BCUT2D eigenvalue weighted by atomic mass is 9.99. The Balaban J connectivity index is 5.17. The van der Waals surface area contributed by atoms with Gasteiger partial charge in [-0.3, -0.25) is 37.3 Å². The van der Waals surface area contributed by atoms with Crippen LogP contribution in [0, 0.1) is 5.92 Å². The van der Waals surface area contributed by atoms with Crippen LogP contribution in [0.1, 0.15) is 388 Å². The molecule has 0 saturated heterocycles. The van der Waals surface area contributed by atoms with Crippen LogP contribution in [0.4, 0.5) is 0 Å². The molecule has 0 saturated carbocycles. The summed E-state index contributed by atoms with van der Waals surface area (Å²) < 4.78 is 68.3. The molecule has 0 aromatic rings. The number of rotatable bonds is 74. The van der Waals surface area contributed by atoms with E-state index >= 15 is 0 Å². The largest absolute Gasteiger partial charge is 0.472 e. The molecule has 93 heavy (non-hydrogen) atoms. The van der Waals surface area contributed by atoms with Crippen LogP contribution in [0.25, 0.3) is 0 Å². The van der Waals surface area contributed by atoms with E-state index in [0.29, 0.717) is 25.7 Å². The minimum atomic E-state index is -4.95. The van der Waals surface area contributed by atoms with Gasteiger partial charge < -0.3 is 33.8 Å². The average molecular weight is 1370 g/mol. The normalized spacial score (nSPS) is 14.3. The predicted molar refractivity (Wildman–Crippen MR) is 377 cm³/mol. The van der Waals surface area contributed by atoms with E-state index in [2.05, 4.69) is 34.6 Å². The van der Waals surface area contributed by atoms with E-state index in [-0.39, 0.29) is 25.7 Å². The molecule has 0 bridgehead atoms. The van der Waals surface area contributed by atoms with Gasteiger partial charge in [0.15, 0.2) is 12.2 Å². The number of aliphatic hydroxyl groups is 1. The maximum absolute atomic E-state index is 13.1. The van der Waals surface area contributed by atoms with Gasteiger partial charge in [0.25, 0.3) is 0 Å². The lowest BCUT2D eigenvalue weighted by molar-refractivity contribution is -0.161. The van der Waals surface area contributed by atoms with Crippen molar-refractivity contribution in [3.05, 3.63) is 0 Å². The number of phosphoric ester groups is 2. The molecule has 0 heterocycles. The van der Waals surface area contributed by atoms with E-state index in [1.807, 2.05) is 0 Å². The quantitative estimate of drug-likeness (QED) is 0.0222. The molecular weight excluding hydrogens is 1220 g/mol. The topological polar surface area (TPSA) is 237 Å². The summed E-state index contributed by atoms with van der Waals surface area (Å²) in [4.78, 5) is 72.5. The average Bonchev–Trinajstić information content (AvgIpc) is 2.08. The van der Waals surface area contributed by atoms with Crippen molar-refractivity contribution in [1.82, 2.24) is 0 Å². The number of hydrogen-bond donors (Lipinski definition) is 3. The zero-order chi connectivity index (χ0) is 68.4. The molecule has 3 unspecified atom stereocenters. The van der Waals surface area contributed by atoms with E-state index in [1.165, 1.54) is 199 Å². The van der Waals surface area contributed by atoms with Crippen LogP contribution in [-0.4, -0.2) is 96.7 Å². The molecule has 0 amide bonds. The summed E-state index contributed by atoms with van der Waals surface area (Å²) >= 11 is 0. The Labute approximate surface area is 568 Å². The molecular formula is C74H144O17P2. The molecule has 0 aromatic carbocycles. The van der Waals surface area contributed by atoms with Crippen LogP contribution in [-0.2, 0) is 65.4 Å². The molecule has 0 fully saturated rings. The highest BCUT2D eigenvalue weighted by molar-refractivity contribution is 7.47. The fraction of sp³-hybridized carbons (Fsp3) is 0.946.